The van der Waals surface area contributed by atoms with Gasteiger partial charge in [0.1, 0.15) is 17.5 Å². The first kappa shape index (κ1) is 17.5. The highest BCUT2D eigenvalue weighted by atomic mass is 32.2. The van der Waals surface area contributed by atoms with Crippen LogP contribution < -0.4 is 10.6 Å². The van der Waals surface area contributed by atoms with Gasteiger partial charge in [-0.05, 0) is 12.1 Å². The Labute approximate surface area is 140 Å². The lowest BCUT2D eigenvalue weighted by Gasteiger charge is -2.04. The average molecular weight is 350 g/mol. The molecule has 0 bridgehead atoms. The fourth-order valence-corrected chi connectivity index (χ4v) is 2.67. The SMILES string of the molecule is O=C(O)CNC(=O)CC1S/C(=N\N=C/c2ccccc2O)NC1=O. The van der Waals surface area contributed by atoms with Crippen LogP contribution in [-0.4, -0.2) is 51.2 Å². The third-order valence-electron chi connectivity index (χ3n) is 2.87. The first-order valence-corrected chi connectivity index (χ1v) is 7.68. The summed E-state index contributed by atoms with van der Waals surface area (Å²) in [6, 6.07) is 6.55. The Kier molecular flexibility index (Phi) is 5.90. The molecule has 0 radical (unpaired) electrons. The lowest BCUT2D eigenvalue weighted by molar-refractivity contribution is -0.137. The molecule has 10 heteroatoms. The van der Waals surface area contributed by atoms with E-state index >= 15 is 0 Å². The Morgan fingerprint density at radius 3 is 2.83 bits per heavy atom. The number of amides is 2. The van der Waals surface area contributed by atoms with Crippen LogP contribution in [0.5, 0.6) is 5.75 Å². The van der Waals surface area contributed by atoms with Crippen molar-refractivity contribution < 1.29 is 24.6 Å². The van der Waals surface area contributed by atoms with Crippen molar-refractivity contribution in [3.63, 3.8) is 0 Å². The fraction of sp³-hybridized carbons (Fsp3) is 0.214. The molecule has 1 fully saturated rings. The molecule has 24 heavy (non-hydrogen) atoms. The molecule has 1 aromatic rings. The molecule has 1 aromatic carbocycles. The van der Waals surface area contributed by atoms with Crippen LogP contribution in [0.4, 0.5) is 0 Å². The van der Waals surface area contributed by atoms with Crippen molar-refractivity contribution in [1.29, 1.82) is 0 Å². The largest absolute Gasteiger partial charge is 0.507 e. The number of nitrogens with zero attached hydrogens (tertiary/aromatic N) is 2. The van der Waals surface area contributed by atoms with E-state index in [1.165, 1.54) is 12.3 Å². The van der Waals surface area contributed by atoms with E-state index in [1.807, 2.05) is 0 Å². The van der Waals surface area contributed by atoms with E-state index in [0.29, 0.717) is 5.56 Å². The van der Waals surface area contributed by atoms with Crippen molar-refractivity contribution in [2.24, 2.45) is 10.2 Å². The Morgan fingerprint density at radius 2 is 2.12 bits per heavy atom. The number of carbonyl (C=O) groups excluding carboxylic acids is 2. The van der Waals surface area contributed by atoms with E-state index in [0.717, 1.165) is 11.8 Å². The van der Waals surface area contributed by atoms with Crippen molar-refractivity contribution in [1.82, 2.24) is 10.6 Å². The molecule has 2 amide bonds. The number of carboxylic acid groups (broad SMARTS) is 1. The second kappa shape index (κ2) is 8.11. The maximum atomic E-state index is 11.7. The summed E-state index contributed by atoms with van der Waals surface area (Å²) in [6.45, 7) is -0.496. The summed E-state index contributed by atoms with van der Waals surface area (Å²) in [6.07, 6.45) is 1.17. The van der Waals surface area contributed by atoms with E-state index in [2.05, 4.69) is 20.8 Å². The van der Waals surface area contributed by atoms with Crippen LogP contribution in [0, 0.1) is 0 Å². The van der Waals surface area contributed by atoms with Gasteiger partial charge >= 0.3 is 5.97 Å². The summed E-state index contributed by atoms with van der Waals surface area (Å²) in [7, 11) is 0. The van der Waals surface area contributed by atoms with Crippen LogP contribution in [0.2, 0.25) is 0 Å². The zero-order chi connectivity index (χ0) is 17.5. The minimum absolute atomic E-state index is 0.0533. The molecular weight excluding hydrogens is 336 g/mol. The topological polar surface area (TPSA) is 140 Å². The average Bonchev–Trinajstić information content (AvgIpc) is 2.87. The molecule has 1 heterocycles. The second-order valence-electron chi connectivity index (χ2n) is 4.68. The van der Waals surface area contributed by atoms with Crippen molar-refractivity contribution >= 4 is 40.9 Å². The summed E-state index contributed by atoms with van der Waals surface area (Å²) in [5.41, 5.74) is 0.473. The number of amidine groups is 1. The standard InChI is InChI=1S/C14H14N4O5S/c19-9-4-2-1-3-8(9)6-16-18-14-17-13(23)10(24-14)5-11(20)15-7-12(21)22/h1-4,6,10,19H,5,7H2,(H,15,20)(H,21,22)(H,17,18,23)/b16-6-. The molecule has 0 aromatic heterocycles. The summed E-state index contributed by atoms with van der Waals surface area (Å²) in [4.78, 5) is 33.6. The van der Waals surface area contributed by atoms with Gasteiger partial charge in [0.15, 0.2) is 5.17 Å². The first-order chi connectivity index (χ1) is 11.5. The summed E-state index contributed by atoms with van der Waals surface area (Å²) in [5.74, 6) is -2.05. The summed E-state index contributed by atoms with van der Waals surface area (Å²) in [5, 5.41) is 29.8. The van der Waals surface area contributed by atoms with E-state index in [-0.39, 0.29) is 17.3 Å². The zero-order valence-corrected chi connectivity index (χ0v) is 13.1. The number of phenols is 1. The molecule has 126 valence electrons. The Morgan fingerprint density at radius 1 is 1.38 bits per heavy atom. The molecule has 1 unspecified atom stereocenters. The number of nitrogens with one attached hydrogen (secondary N) is 2. The second-order valence-corrected chi connectivity index (χ2v) is 5.87. The smallest absolute Gasteiger partial charge is 0.322 e. The summed E-state index contributed by atoms with van der Waals surface area (Å²) < 4.78 is 0. The highest BCUT2D eigenvalue weighted by Gasteiger charge is 2.32. The number of benzene rings is 1. The fourth-order valence-electron chi connectivity index (χ4n) is 1.74. The number of para-hydroxylation sites is 1. The van der Waals surface area contributed by atoms with Crippen molar-refractivity contribution in [2.45, 2.75) is 11.7 Å². The predicted octanol–water partition coefficient (Wildman–Crippen LogP) is -0.0954. The van der Waals surface area contributed by atoms with Gasteiger partial charge in [0.05, 0.1) is 6.21 Å². The number of carboxylic acids is 1. The van der Waals surface area contributed by atoms with Crippen molar-refractivity contribution in [2.75, 3.05) is 6.54 Å². The number of hydrogen-bond donors (Lipinski definition) is 4. The number of thioether (sulfide) groups is 1. The quantitative estimate of drug-likeness (QED) is 0.417. The van der Waals surface area contributed by atoms with Crippen molar-refractivity contribution in [3.05, 3.63) is 29.8 Å². The van der Waals surface area contributed by atoms with Gasteiger partial charge in [-0.3, -0.25) is 14.4 Å². The Balaban J connectivity index is 1.90. The minimum atomic E-state index is -1.16. The Hall–Kier alpha value is -2.88. The van der Waals surface area contributed by atoms with Gasteiger partial charge in [-0.15, -0.1) is 5.10 Å². The van der Waals surface area contributed by atoms with Gasteiger partial charge < -0.3 is 20.8 Å². The van der Waals surface area contributed by atoms with Gasteiger partial charge in [-0.1, -0.05) is 23.9 Å². The number of rotatable bonds is 6. The van der Waals surface area contributed by atoms with Gasteiger partial charge in [0.2, 0.25) is 11.8 Å². The number of aliphatic carboxylic acids is 1. The van der Waals surface area contributed by atoms with Crippen LogP contribution in [0.3, 0.4) is 0 Å². The third-order valence-corrected chi connectivity index (χ3v) is 3.94. The lowest BCUT2D eigenvalue weighted by atomic mass is 10.2. The molecule has 4 N–H and O–H groups in total. The number of aromatic hydroxyl groups is 1. The molecule has 1 saturated heterocycles. The lowest BCUT2D eigenvalue weighted by Crippen LogP contribution is -2.33. The monoisotopic (exact) mass is 350 g/mol. The maximum Gasteiger partial charge on any atom is 0.322 e. The molecule has 9 nitrogen and oxygen atoms in total. The summed E-state index contributed by atoms with van der Waals surface area (Å²) >= 11 is 1.03. The van der Waals surface area contributed by atoms with Crippen LogP contribution in [0.15, 0.2) is 34.5 Å². The number of phenolic OH excluding ortho intramolecular Hbond substituents is 1. The highest BCUT2D eigenvalue weighted by molar-refractivity contribution is 8.15. The molecule has 0 saturated carbocycles. The molecule has 0 aliphatic carbocycles. The normalized spacial score (nSPS) is 18.8. The molecule has 1 atom stereocenters. The van der Waals surface area contributed by atoms with E-state index in [4.69, 9.17) is 5.11 Å². The van der Waals surface area contributed by atoms with Crippen LogP contribution in [0.1, 0.15) is 12.0 Å². The van der Waals surface area contributed by atoms with Gasteiger partial charge in [0.25, 0.3) is 0 Å². The van der Waals surface area contributed by atoms with Gasteiger partial charge in [-0.25, -0.2) is 0 Å². The van der Waals surface area contributed by atoms with Crippen LogP contribution >= 0.6 is 11.8 Å². The van der Waals surface area contributed by atoms with E-state index < -0.39 is 29.6 Å². The number of hydrogen-bond acceptors (Lipinski definition) is 7. The minimum Gasteiger partial charge on any atom is -0.507 e. The van der Waals surface area contributed by atoms with Gasteiger partial charge in [-0.2, -0.15) is 5.10 Å². The maximum absolute atomic E-state index is 11.7. The highest BCUT2D eigenvalue weighted by Crippen LogP contribution is 2.22. The van der Waals surface area contributed by atoms with Gasteiger partial charge in [0, 0.05) is 12.0 Å². The molecular formula is C14H14N4O5S. The zero-order valence-electron chi connectivity index (χ0n) is 12.3. The Bertz CT molecular complexity index is 719. The van der Waals surface area contributed by atoms with E-state index in [1.54, 1.807) is 18.2 Å². The molecule has 1 aliphatic heterocycles. The molecule has 0 spiro atoms. The first-order valence-electron chi connectivity index (χ1n) is 6.80. The van der Waals surface area contributed by atoms with Crippen LogP contribution in [0.25, 0.3) is 0 Å². The van der Waals surface area contributed by atoms with Crippen molar-refractivity contribution in [3.8, 4) is 5.75 Å². The van der Waals surface area contributed by atoms with E-state index in [9.17, 15) is 19.5 Å². The number of carbonyl (C=O) groups is 3. The molecule has 2 rings (SSSR count). The predicted molar refractivity (Wildman–Crippen MR) is 87.9 cm³/mol. The molecule has 1 aliphatic rings. The van der Waals surface area contributed by atoms with Crippen LogP contribution in [-0.2, 0) is 14.4 Å². The third kappa shape index (κ3) is 5.09.